The van der Waals surface area contributed by atoms with Crippen molar-refractivity contribution in [3.05, 3.63) is 170 Å². The molecule has 67 heavy (non-hydrogen) atoms. The molecule has 0 aliphatic rings. The van der Waals surface area contributed by atoms with Gasteiger partial charge in [0, 0.05) is 19.3 Å². The summed E-state index contributed by atoms with van der Waals surface area (Å²) < 4.78 is 16.6. The zero-order valence-corrected chi connectivity index (χ0v) is 42.1. The summed E-state index contributed by atoms with van der Waals surface area (Å²) in [5.74, 6) is -1.14. The normalized spacial score (nSPS) is 13.5. The smallest absolute Gasteiger partial charge is 0.306 e. The highest BCUT2D eigenvalue weighted by Gasteiger charge is 2.19. The van der Waals surface area contributed by atoms with E-state index in [2.05, 4.69) is 179 Å². The quantitative estimate of drug-likeness (QED) is 0.0262. The third-order valence-electron chi connectivity index (χ3n) is 9.71. The minimum absolute atomic E-state index is 0.149. The van der Waals surface area contributed by atoms with E-state index in [4.69, 9.17) is 14.2 Å². The Balaban J connectivity index is 4.67. The van der Waals surface area contributed by atoms with Crippen LogP contribution in [-0.4, -0.2) is 37.2 Å². The first-order chi connectivity index (χ1) is 33.0. The van der Waals surface area contributed by atoms with Gasteiger partial charge in [0.15, 0.2) is 6.10 Å². The maximum absolute atomic E-state index is 12.8. The number of carbonyl (C=O) groups excluding carboxylic acids is 3. The Morgan fingerprint density at radius 1 is 0.299 bits per heavy atom. The molecule has 1 unspecified atom stereocenters. The molecule has 0 aromatic carbocycles. The van der Waals surface area contributed by atoms with Crippen molar-refractivity contribution in [3.63, 3.8) is 0 Å². The van der Waals surface area contributed by atoms with Crippen LogP contribution in [0.15, 0.2) is 170 Å². The zero-order valence-electron chi connectivity index (χ0n) is 42.1. The summed E-state index contributed by atoms with van der Waals surface area (Å²) in [4.78, 5) is 37.9. The molecule has 0 saturated carbocycles. The Morgan fingerprint density at radius 3 is 0.940 bits per heavy atom. The van der Waals surface area contributed by atoms with E-state index in [9.17, 15) is 14.4 Å². The molecule has 0 amide bonds. The van der Waals surface area contributed by atoms with E-state index in [0.717, 1.165) is 122 Å². The van der Waals surface area contributed by atoms with Crippen LogP contribution in [0.3, 0.4) is 0 Å². The van der Waals surface area contributed by atoms with E-state index in [1.165, 1.54) is 0 Å². The predicted molar refractivity (Wildman–Crippen MR) is 288 cm³/mol. The van der Waals surface area contributed by atoms with Crippen LogP contribution in [0.25, 0.3) is 0 Å². The number of hydrogen-bond acceptors (Lipinski definition) is 6. The Hall–Kier alpha value is -5.23. The highest BCUT2D eigenvalue weighted by atomic mass is 16.6. The lowest BCUT2D eigenvalue weighted by Gasteiger charge is -2.18. The van der Waals surface area contributed by atoms with Gasteiger partial charge in [-0.25, -0.2) is 0 Å². The highest BCUT2D eigenvalue weighted by Crippen LogP contribution is 2.09. The van der Waals surface area contributed by atoms with Gasteiger partial charge in [0.25, 0.3) is 0 Å². The van der Waals surface area contributed by atoms with Crippen LogP contribution in [0, 0.1) is 0 Å². The molecule has 0 saturated heterocycles. The first-order valence-electron chi connectivity index (χ1n) is 25.6. The summed E-state index contributed by atoms with van der Waals surface area (Å²) in [6.07, 6.45) is 79.3. The van der Waals surface area contributed by atoms with Gasteiger partial charge in [0.2, 0.25) is 0 Å². The van der Waals surface area contributed by atoms with E-state index in [1.54, 1.807) is 0 Å². The number of carbonyl (C=O) groups is 3. The summed E-state index contributed by atoms with van der Waals surface area (Å²) in [5.41, 5.74) is 0. The van der Waals surface area contributed by atoms with E-state index in [0.29, 0.717) is 12.8 Å². The third kappa shape index (κ3) is 51.6. The van der Waals surface area contributed by atoms with Crippen molar-refractivity contribution in [2.45, 2.75) is 181 Å². The Labute approximate surface area is 409 Å². The molecule has 0 aliphatic heterocycles. The van der Waals surface area contributed by atoms with E-state index >= 15 is 0 Å². The van der Waals surface area contributed by atoms with Crippen molar-refractivity contribution in [2.24, 2.45) is 0 Å². The molecule has 0 spiro atoms. The van der Waals surface area contributed by atoms with E-state index in [1.807, 2.05) is 12.2 Å². The molecule has 370 valence electrons. The van der Waals surface area contributed by atoms with Crippen molar-refractivity contribution >= 4 is 17.9 Å². The molecule has 0 N–H and O–H groups in total. The molecule has 0 heterocycles. The van der Waals surface area contributed by atoms with Gasteiger partial charge >= 0.3 is 17.9 Å². The van der Waals surface area contributed by atoms with Crippen LogP contribution in [0.5, 0.6) is 0 Å². The number of allylic oxidation sites excluding steroid dienone is 28. The van der Waals surface area contributed by atoms with Gasteiger partial charge < -0.3 is 14.2 Å². The molecule has 0 aromatic heterocycles. The van der Waals surface area contributed by atoms with Crippen LogP contribution >= 0.6 is 0 Å². The number of ether oxygens (including phenoxy) is 3. The van der Waals surface area contributed by atoms with Crippen molar-refractivity contribution < 1.29 is 28.6 Å². The van der Waals surface area contributed by atoms with Crippen molar-refractivity contribution in [2.75, 3.05) is 13.2 Å². The lowest BCUT2D eigenvalue weighted by Crippen LogP contribution is -2.30. The Morgan fingerprint density at radius 2 is 0.582 bits per heavy atom. The largest absolute Gasteiger partial charge is 0.462 e. The molecular formula is C61H90O6. The number of hydrogen-bond donors (Lipinski definition) is 0. The molecule has 0 bridgehead atoms. The minimum Gasteiger partial charge on any atom is -0.462 e. The molecule has 6 heteroatoms. The fourth-order valence-electron chi connectivity index (χ4n) is 5.99. The maximum Gasteiger partial charge on any atom is 0.306 e. The summed E-state index contributed by atoms with van der Waals surface area (Å²) in [6.45, 7) is 6.12. The van der Waals surface area contributed by atoms with Crippen LogP contribution in [0.1, 0.15) is 175 Å². The summed E-state index contributed by atoms with van der Waals surface area (Å²) >= 11 is 0. The lowest BCUT2D eigenvalue weighted by molar-refractivity contribution is -0.166. The standard InChI is InChI=1S/C61H90O6/c1-4-7-10-13-16-19-22-25-27-29-30-32-33-36-39-42-45-48-51-54-60(63)66-57-58(56-65-59(62)53-50-47-44-41-38-35-24-21-18-15-12-9-6-3)67-61(64)55-52-49-46-43-40-37-34-31-28-26-23-20-17-14-11-8-5-2/h7-12,16-21,25-28,30,32,34-39,43,45-46,48,58H,4-6,13-15,22-24,29,31,33,40-42,44,47,49-57H2,1-3H3/b10-7-,11-8-,12-9-,19-16-,20-17-,21-18-,27-25-,28-26-,32-30-,37-34-,38-35-,39-36-,46-43-,48-45-. The number of rotatable bonds is 43. The molecule has 1 atom stereocenters. The average Bonchev–Trinajstić information content (AvgIpc) is 3.33. The average molecular weight is 919 g/mol. The van der Waals surface area contributed by atoms with Gasteiger partial charge in [-0.1, -0.05) is 197 Å². The SMILES string of the molecule is CC/C=C\C/C=C\C/C=C\C/C=C\C/C=C\C/C=C\CCC(=O)OCC(COC(=O)CCCCC/C=C\C/C=C\C/C=C\CC)OC(=O)CCC/C=C\C/C=C\C/C=C\C/C=C\C/C=C\CC. The number of esters is 3. The highest BCUT2D eigenvalue weighted by molar-refractivity contribution is 5.71. The van der Waals surface area contributed by atoms with Crippen LogP contribution in [0.4, 0.5) is 0 Å². The van der Waals surface area contributed by atoms with Crippen LogP contribution in [0.2, 0.25) is 0 Å². The Bertz CT molecular complexity index is 1620. The molecule has 6 nitrogen and oxygen atoms in total. The maximum atomic E-state index is 12.8. The lowest BCUT2D eigenvalue weighted by atomic mass is 10.1. The molecule has 0 rings (SSSR count). The van der Waals surface area contributed by atoms with Gasteiger partial charge in [-0.2, -0.15) is 0 Å². The fraction of sp³-hybridized carbons (Fsp3) is 0.492. The van der Waals surface area contributed by atoms with Crippen LogP contribution in [-0.2, 0) is 28.6 Å². The molecule has 0 aromatic rings. The second-order valence-electron chi connectivity index (χ2n) is 15.9. The second kappa shape index (κ2) is 53.4. The molecule has 0 fully saturated rings. The minimum atomic E-state index is -0.859. The monoisotopic (exact) mass is 919 g/mol. The summed E-state index contributed by atoms with van der Waals surface area (Å²) in [5, 5.41) is 0. The first kappa shape index (κ1) is 61.8. The second-order valence-corrected chi connectivity index (χ2v) is 15.9. The van der Waals surface area contributed by atoms with Gasteiger partial charge in [-0.3, -0.25) is 14.4 Å². The molecule has 0 radical (unpaired) electrons. The van der Waals surface area contributed by atoms with Crippen molar-refractivity contribution in [1.82, 2.24) is 0 Å². The third-order valence-corrected chi connectivity index (χ3v) is 9.71. The predicted octanol–water partition coefficient (Wildman–Crippen LogP) is 17.2. The summed E-state index contributed by atoms with van der Waals surface area (Å²) in [7, 11) is 0. The Kier molecular flexibility index (Phi) is 49.2. The van der Waals surface area contributed by atoms with E-state index in [-0.39, 0.29) is 44.4 Å². The first-order valence-corrected chi connectivity index (χ1v) is 25.6. The number of unbranched alkanes of at least 4 members (excludes halogenated alkanes) is 4. The van der Waals surface area contributed by atoms with Crippen molar-refractivity contribution in [3.8, 4) is 0 Å². The zero-order chi connectivity index (χ0) is 48.6. The van der Waals surface area contributed by atoms with Gasteiger partial charge in [-0.15, -0.1) is 0 Å². The van der Waals surface area contributed by atoms with E-state index < -0.39 is 12.1 Å². The van der Waals surface area contributed by atoms with Gasteiger partial charge in [-0.05, 0) is 128 Å². The molecular weight excluding hydrogens is 829 g/mol. The summed E-state index contributed by atoms with van der Waals surface area (Å²) in [6, 6.07) is 0. The van der Waals surface area contributed by atoms with Gasteiger partial charge in [0.05, 0.1) is 0 Å². The topological polar surface area (TPSA) is 78.9 Å². The van der Waals surface area contributed by atoms with Gasteiger partial charge in [0.1, 0.15) is 13.2 Å². The molecule has 0 aliphatic carbocycles. The van der Waals surface area contributed by atoms with Crippen molar-refractivity contribution in [1.29, 1.82) is 0 Å². The fourth-order valence-corrected chi connectivity index (χ4v) is 5.99. The van der Waals surface area contributed by atoms with Crippen LogP contribution < -0.4 is 0 Å².